The molecule has 2 aromatic rings. The van der Waals surface area contributed by atoms with Crippen molar-refractivity contribution < 1.29 is 4.92 Å². The summed E-state index contributed by atoms with van der Waals surface area (Å²) in [6.07, 6.45) is 0. The monoisotopic (exact) mass is 472 g/mol. The Morgan fingerprint density at radius 1 is 1.12 bits per heavy atom. The van der Waals surface area contributed by atoms with Crippen molar-refractivity contribution in [2.75, 3.05) is 19.3 Å². The molecule has 2 rings (SSSR count). The summed E-state index contributed by atoms with van der Waals surface area (Å²) in [6.45, 7) is 1.35. The summed E-state index contributed by atoms with van der Waals surface area (Å²) in [5.74, 6) is 1.64. The topological polar surface area (TPSA) is 79.6 Å². The van der Waals surface area contributed by atoms with Crippen molar-refractivity contribution in [1.29, 1.82) is 0 Å². The molecule has 0 radical (unpaired) electrons. The number of rotatable bonds is 7. The van der Waals surface area contributed by atoms with Gasteiger partial charge in [0, 0.05) is 42.9 Å². The van der Waals surface area contributed by atoms with Gasteiger partial charge < -0.3 is 10.6 Å². The maximum absolute atomic E-state index is 10.6. The number of nitro benzene ring substituents is 1. The van der Waals surface area contributed by atoms with E-state index in [0.717, 1.165) is 17.9 Å². The fourth-order valence-electron chi connectivity index (χ4n) is 2.00. The molecule has 0 fully saturated rings. The fourth-order valence-corrected chi connectivity index (χ4v) is 2.79. The molecule has 8 heteroatoms. The van der Waals surface area contributed by atoms with Gasteiger partial charge in [0.05, 0.1) is 4.92 Å². The predicted molar refractivity (Wildman–Crippen MR) is 114 cm³/mol. The quantitative estimate of drug-likeness (QED) is 0.122. The van der Waals surface area contributed by atoms with Gasteiger partial charge in [-0.2, -0.15) is 0 Å². The molecule has 0 atom stereocenters. The first-order valence-electron chi connectivity index (χ1n) is 7.55. The van der Waals surface area contributed by atoms with Crippen LogP contribution in [0.2, 0.25) is 0 Å². The number of nitrogens with zero attached hydrogens (tertiary/aromatic N) is 2. The first kappa shape index (κ1) is 21.2. The summed E-state index contributed by atoms with van der Waals surface area (Å²) >= 11 is 1.78. The highest BCUT2D eigenvalue weighted by atomic mass is 127. The standard InChI is InChI=1S/C17H20N4O2S.HI/c1-18-17(19-11-12-24-16-5-3-2-4-6-16)20-13-14-7-9-15(10-8-14)21(22)23;/h2-10H,11-13H2,1H3,(H2,18,19,20);1H. The molecule has 0 heterocycles. The van der Waals surface area contributed by atoms with E-state index < -0.39 is 4.92 Å². The molecule has 0 saturated carbocycles. The molecule has 25 heavy (non-hydrogen) atoms. The van der Waals surface area contributed by atoms with Gasteiger partial charge in [0.2, 0.25) is 0 Å². The van der Waals surface area contributed by atoms with Gasteiger partial charge in [0.1, 0.15) is 0 Å². The van der Waals surface area contributed by atoms with Crippen LogP contribution in [0.3, 0.4) is 0 Å². The van der Waals surface area contributed by atoms with E-state index in [1.807, 2.05) is 18.2 Å². The Kier molecular flexibility index (Phi) is 9.93. The average Bonchev–Trinajstić information content (AvgIpc) is 2.62. The second-order valence-electron chi connectivity index (χ2n) is 4.94. The normalized spacial score (nSPS) is 10.7. The Bertz CT molecular complexity index is 681. The SMILES string of the molecule is CN=C(NCCSc1ccccc1)NCc1ccc([N+](=O)[O-])cc1.I. The third-order valence-electron chi connectivity index (χ3n) is 3.24. The second kappa shape index (κ2) is 11.7. The van der Waals surface area contributed by atoms with Crippen LogP contribution in [-0.2, 0) is 6.54 Å². The molecule has 134 valence electrons. The van der Waals surface area contributed by atoms with Crippen molar-refractivity contribution >= 4 is 47.4 Å². The van der Waals surface area contributed by atoms with Crippen molar-refractivity contribution in [2.24, 2.45) is 4.99 Å². The molecule has 0 spiro atoms. The highest BCUT2D eigenvalue weighted by Gasteiger charge is 2.04. The van der Waals surface area contributed by atoms with Gasteiger partial charge >= 0.3 is 0 Å². The number of halogens is 1. The van der Waals surface area contributed by atoms with Crippen molar-refractivity contribution in [3.63, 3.8) is 0 Å². The number of hydrogen-bond donors (Lipinski definition) is 2. The average molecular weight is 472 g/mol. The van der Waals surface area contributed by atoms with Gasteiger partial charge in [-0.1, -0.05) is 30.3 Å². The zero-order chi connectivity index (χ0) is 17.2. The van der Waals surface area contributed by atoms with E-state index >= 15 is 0 Å². The molecule has 0 bridgehead atoms. The van der Waals surface area contributed by atoms with Gasteiger partial charge in [-0.15, -0.1) is 35.7 Å². The number of nitro groups is 1. The molecular weight excluding hydrogens is 451 g/mol. The Hall–Kier alpha value is -1.81. The molecule has 0 aliphatic rings. The predicted octanol–water partition coefficient (Wildman–Crippen LogP) is 3.67. The molecule has 0 saturated heterocycles. The zero-order valence-corrected chi connectivity index (χ0v) is 17.0. The van der Waals surface area contributed by atoms with Gasteiger partial charge in [-0.3, -0.25) is 15.1 Å². The lowest BCUT2D eigenvalue weighted by molar-refractivity contribution is -0.384. The summed E-state index contributed by atoms with van der Waals surface area (Å²) in [5, 5.41) is 17.1. The molecular formula is C17H21IN4O2S. The van der Waals surface area contributed by atoms with Crippen molar-refractivity contribution in [3.05, 3.63) is 70.3 Å². The lowest BCUT2D eigenvalue weighted by atomic mass is 10.2. The number of thioether (sulfide) groups is 1. The molecule has 2 aromatic carbocycles. The van der Waals surface area contributed by atoms with Crippen LogP contribution in [0.5, 0.6) is 0 Å². The number of benzene rings is 2. The summed E-state index contributed by atoms with van der Waals surface area (Å²) < 4.78 is 0. The maximum Gasteiger partial charge on any atom is 0.269 e. The van der Waals surface area contributed by atoms with Crippen molar-refractivity contribution in [3.8, 4) is 0 Å². The first-order valence-corrected chi connectivity index (χ1v) is 8.53. The first-order chi connectivity index (χ1) is 11.7. The highest BCUT2D eigenvalue weighted by molar-refractivity contribution is 14.0. The van der Waals surface area contributed by atoms with E-state index in [-0.39, 0.29) is 29.7 Å². The summed E-state index contributed by atoms with van der Waals surface area (Å²) in [7, 11) is 1.72. The largest absolute Gasteiger partial charge is 0.356 e. The second-order valence-corrected chi connectivity index (χ2v) is 6.11. The molecule has 0 unspecified atom stereocenters. The number of nitrogens with one attached hydrogen (secondary N) is 2. The minimum Gasteiger partial charge on any atom is -0.356 e. The highest BCUT2D eigenvalue weighted by Crippen LogP contribution is 2.15. The molecule has 0 aliphatic heterocycles. The van der Waals surface area contributed by atoms with E-state index in [0.29, 0.717) is 12.5 Å². The number of aliphatic imine (C=N–C) groups is 1. The third kappa shape index (κ3) is 7.74. The molecule has 2 N–H and O–H groups in total. The van der Waals surface area contributed by atoms with E-state index in [2.05, 4.69) is 27.8 Å². The van der Waals surface area contributed by atoms with Crippen LogP contribution < -0.4 is 10.6 Å². The third-order valence-corrected chi connectivity index (χ3v) is 4.25. The fraction of sp³-hybridized carbons (Fsp3) is 0.235. The van der Waals surface area contributed by atoms with Gasteiger partial charge in [-0.05, 0) is 17.7 Å². The Morgan fingerprint density at radius 2 is 1.80 bits per heavy atom. The summed E-state index contributed by atoms with van der Waals surface area (Å²) in [5.41, 5.74) is 1.06. The van der Waals surface area contributed by atoms with Gasteiger partial charge in [0.25, 0.3) is 5.69 Å². The zero-order valence-electron chi connectivity index (χ0n) is 13.8. The lowest BCUT2D eigenvalue weighted by Crippen LogP contribution is -2.37. The lowest BCUT2D eigenvalue weighted by Gasteiger charge is -2.11. The van der Waals surface area contributed by atoms with Crippen LogP contribution in [0.4, 0.5) is 5.69 Å². The van der Waals surface area contributed by atoms with Gasteiger partial charge in [-0.25, -0.2) is 0 Å². The van der Waals surface area contributed by atoms with Crippen molar-refractivity contribution in [1.82, 2.24) is 10.6 Å². The van der Waals surface area contributed by atoms with E-state index in [1.165, 1.54) is 17.0 Å². The number of hydrogen-bond acceptors (Lipinski definition) is 4. The maximum atomic E-state index is 10.6. The Labute approximate surface area is 168 Å². The summed E-state index contributed by atoms with van der Waals surface area (Å²) in [6, 6.07) is 16.7. The van der Waals surface area contributed by atoms with Crippen LogP contribution in [0.25, 0.3) is 0 Å². The van der Waals surface area contributed by atoms with Crippen LogP contribution in [0.15, 0.2) is 64.5 Å². The molecule has 0 amide bonds. The smallest absolute Gasteiger partial charge is 0.269 e. The van der Waals surface area contributed by atoms with Crippen LogP contribution in [-0.4, -0.2) is 30.2 Å². The Morgan fingerprint density at radius 3 is 2.40 bits per heavy atom. The van der Waals surface area contributed by atoms with Crippen LogP contribution in [0.1, 0.15) is 5.56 Å². The number of non-ortho nitro benzene ring substituents is 1. The minimum atomic E-state index is -0.401. The van der Waals surface area contributed by atoms with Crippen molar-refractivity contribution in [2.45, 2.75) is 11.4 Å². The van der Waals surface area contributed by atoms with Crippen LogP contribution >= 0.6 is 35.7 Å². The molecule has 0 aromatic heterocycles. The molecule has 0 aliphatic carbocycles. The van der Waals surface area contributed by atoms with Gasteiger partial charge in [0.15, 0.2) is 5.96 Å². The molecule has 6 nitrogen and oxygen atoms in total. The Balaban J connectivity index is 0.00000312. The minimum absolute atomic E-state index is 0. The van der Waals surface area contributed by atoms with E-state index in [4.69, 9.17) is 0 Å². The number of guanidine groups is 1. The van der Waals surface area contributed by atoms with Crippen LogP contribution in [0, 0.1) is 10.1 Å². The van der Waals surface area contributed by atoms with E-state index in [9.17, 15) is 10.1 Å². The van der Waals surface area contributed by atoms with E-state index in [1.54, 1.807) is 30.9 Å². The summed E-state index contributed by atoms with van der Waals surface area (Å²) in [4.78, 5) is 15.6.